The van der Waals surface area contributed by atoms with E-state index in [2.05, 4.69) is 24.1 Å². The molecule has 0 spiro atoms. The maximum atomic E-state index is 11.5. The molecule has 4 heteroatoms. The van der Waals surface area contributed by atoms with E-state index in [1.54, 1.807) is 0 Å². The first-order valence-electron chi connectivity index (χ1n) is 7.66. The quantitative estimate of drug-likeness (QED) is 0.787. The third kappa shape index (κ3) is 3.48. The molecule has 2 aliphatic heterocycles. The fraction of sp³-hybridized carbons (Fsp3) is 0.933. The number of nitrogens with one attached hydrogen (secondary N) is 1. The second-order valence-corrected chi connectivity index (χ2v) is 6.24. The highest BCUT2D eigenvalue weighted by atomic mass is 16.5. The molecule has 110 valence electrons. The van der Waals surface area contributed by atoms with Crippen molar-refractivity contribution in [1.82, 2.24) is 10.2 Å². The number of likely N-dealkylation sites (tertiary alicyclic amines) is 1. The van der Waals surface area contributed by atoms with Crippen LogP contribution in [0.25, 0.3) is 0 Å². The molecule has 0 aliphatic carbocycles. The van der Waals surface area contributed by atoms with E-state index in [0.717, 1.165) is 13.1 Å². The van der Waals surface area contributed by atoms with Crippen LogP contribution < -0.4 is 5.32 Å². The van der Waals surface area contributed by atoms with Gasteiger partial charge in [0.05, 0.1) is 7.11 Å². The van der Waals surface area contributed by atoms with E-state index in [9.17, 15) is 4.79 Å². The highest BCUT2D eigenvalue weighted by Gasteiger charge is 2.37. The standard InChI is InChI=1S/C15H28N2O2/c1-11(9-15(18)19-3)13-5-4-8-17(13)14-6-7-16-10-12(14)2/h11-14,16H,4-10H2,1-3H3/t11?,12?,13-,14?/m0/s1. The lowest BCUT2D eigenvalue weighted by atomic mass is 9.90. The molecule has 2 fully saturated rings. The lowest BCUT2D eigenvalue weighted by Crippen LogP contribution is -2.51. The van der Waals surface area contributed by atoms with Gasteiger partial charge in [0.1, 0.15) is 0 Å². The summed E-state index contributed by atoms with van der Waals surface area (Å²) in [4.78, 5) is 14.2. The molecule has 4 atom stereocenters. The fourth-order valence-corrected chi connectivity index (χ4v) is 3.81. The molecule has 2 rings (SSSR count). The number of piperidine rings is 1. The lowest BCUT2D eigenvalue weighted by Gasteiger charge is -2.41. The molecular formula is C15H28N2O2. The van der Waals surface area contributed by atoms with E-state index in [-0.39, 0.29) is 5.97 Å². The van der Waals surface area contributed by atoms with E-state index >= 15 is 0 Å². The first-order valence-corrected chi connectivity index (χ1v) is 7.66. The first kappa shape index (κ1) is 14.8. The number of hydrogen-bond donors (Lipinski definition) is 1. The summed E-state index contributed by atoms with van der Waals surface area (Å²) in [7, 11) is 1.48. The van der Waals surface area contributed by atoms with Crippen molar-refractivity contribution >= 4 is 5.97 Å². The zero-order valence-corrected chi connectivity index (χ0v) is 12.5. The third-order valence-electron chi connectivity index (χ3n) is 4.88. The second kappa shape index (κ2) is 6.71. The summed E-state index contributed by atoms with van der Waals surface area (Å²) in [5.41, 5.74) is 0. The Kier molecular flexibility index (Phi) is 5.22. The molecule has 0 bridgehead atoms. The summed E-state index contributed by atoms with van der Waals surface area (Å²) in [6.07, 6.45) is 4.29. The summed E-state index contributed by atoms with van der Waals surface area (Å²) in [5, 5.41) is 3.47. The molecule has 0 amide bonds. The van der Waals surface area contributed by atoms with Gasteiger partial charge < -0.3 is 10.1 Å². The predicted octanol–water partition coefficient (Wildman–Crippen LogP) is 1.65. The highest BCUT2D eigenvalue weighted by Crippen LogP contribution is 2.32. The minimum absolute atomic E-state index is 0.0716. The van der Waals surface area contributed by atoms with Crippen LogP contribution in [0.4, 0.5) is 0 Å². The van der Waals surface area contributed by atoms with E-state index in [1.165, 1.54) is 32.9 Å². The number of methoxy groups -OCH3 is 1. The molecule has 0 aromatic heterocycles. The van der Waals surface area contributed by atoms with Crippen LogP contribution in [0.5, 0.6) is 0 Å². The molecule has 0 radical (unpaired) electrons. The van der Waals surface area contributed by atoms with E-state index in [1.807, 2.05) is 0 Å². The molecule has 4 nitrogen and oxygen atoms in total. The maximum Gasteiger partial charge on any atom is 0.305 e. The largest absolute Gasteiger partial charge is 0.469 e. The normalized spacial score (nSPS) is 34.2. The van der Waals surface area contributed by atoms with Gasteiger partial charge in [-0.2, -0.15) is 0 Å². The van der Waals surface area contributed by atoms with Crippen molar-refractivity contribution in [1.29, 1.82) is 0 Å². The van der Waals surface area contributed by atoms with Gasteiger partial charge in [0.25, 0.3) is 0 Å². The average Bonchev–Trinajstić information content (AvgIpc) is 2.88. The Morgan fingerprint density at radius 3 is 2.95 bits per heavy atom. The number of carbonyl (C=O) groups excluding carboxylic acids is 1. The Hall–Kier alpha value is -0.610. The summed E-state index contributed by atoms with van der Waals surface area (Å²) in [6.45, 7) is 8.00. The van der Waals surface area contributed by atoms with E-state index < -0.39 is 0 Å². The Bertz CT molecular complexity index is 309. The van der Waals surface area contributed by atoms with Gasteiger partial charge in [-0.15, -0.1) is 0 Å². The summed E-state index contributed by atoms with van der Waals surface area (Å²) in [5.74, 6) is 1.04. The molecule has 3 unspecified atom stereocenters. The summed E-state index contributed by atoms with van der Waals surface area (Å²) < 4.78 is 4.81. The smallest absolute Gasteiger partial charge is 0.305 e. The number of hydrogen-bond acceptors (Lipinski definition) is 4. The van der Waals surface area contributed by atoms with Crippen LogP contribution in [0.3, 0.4) is 0 Å². The van der Waals surface area contributed by atoms with Crippen molar-refractivity contribution in [2.45, 2.75) is 51.6 Å². The van der Waals surface area contributed by atoms with Crippen molar-refractivity contribution in [2.75, 3.05) is 26.7 Å². The average molecular weight is 268 g/mol. The Balaban J connectivity index is 1.97. The zero-order chi connectivity index (χ0) is 13.8. The maximum absolute atomic E-state index is 11.5. The molecule has 0 aromatic carbocycles. The van der Waals surface area contributed by atoms with Crippen molar-refractivity contribution < 1.29 is 9.53 Å². The Morgan fingerprint density at radius 1 is 1.47 bits per heavy atom. The fourth-order valence-electron chi connectivity index (χ4n) is 3.81. The van der Waals surface area contributed by atoms with Crippen LogP contribution in [-0.2, 0) is 9.53 Å². The molecule has 2 heterocycles. The minimum atomic E-state index is -0.0716. The van der Waals surface area contributed by atoms with Crippen LogP contribution in [0, 0.1) is 11.8 Å². The van der Waals surface area contributed by atoms with Crippen LogP contribution in [0.2, 0.25) is 0 Å². The Labute approximate surface area is 116 Å². The van der Waals surface area contributed by atoms with Crippen molar-refractivity contribution in [3.8, 4) is 0 Å². The first-order chi connectivity index (χ1) is 9.13. The summed E-state index contributed by atoms with van der Waals surface area (Å²) >= 11 is 0. The highest BCUT2D eigenvalue weighted by molar-refractivity contribution is 5.69. The minimum Gasteiger partial charge on any atom is -0.469 e. The van der Waals surface area contributed by atoms with Crippen LogP contribution >= 0.6 is 0 Å². The third-order valence-corrected chi connectivity index (χ3v) is 4.88. The number of nitrogens with zero attached hydrogens (tertiary/aromatic N) is 1. The SMILES string of the molecule is COC(=O)CC(C)[C@@H]1CCCN1C1CCNCC1C. The predicted molar refractivity (Wildman–Crippen MR) is 76.0 cm³/mol. The van der Waals surface area contributed by atoms with Gasteiger partial charge in [0.15, 0.2) is 0 Å². The number of ether oxygens (including phenoxy) is 1. The second-order valence-electron chi connectivity index (χ2n) is 6.24. The number of esters is 1. The molecule has 2 aliphatic rings. The van der Waals surface area contributed by atoms with Crippen LogP contribution in [-0.4, -0.2) is 49.7 Å². The van der Waals surface area contributed by atoms with Gasteiger partial charge >= 0.3 is 5.97 Å². The molecule has 0 saturated carbocycles. The van der Waals surface area contributed by atoms with Crippen LogP contribution in [0.15, 0.2) is 0 Å². The number of rotatable bonds is 4. The molecular weight excluding hydrogens is 240 g/mol. The number of carbonyl (C=O) groups is 1. The Morgan fingerprint density at radius 2 is 2.26 bits per heavy atom. The molecule has 2 saturated heterocycles. The van der Waals surface area contributed by atoms with Gasteiger partial charge in [-0.25, -0.2) is 0 Å². The van der Waals surface area contributed by atoms with Crippen molar-refractivity contribution in [3.63, 3.8) is 0 Å². The molecule has 1 N–H and O–H groups in total. The van der Waals surface area contributed by atoms with Gasteiger partial charge in [-0.05, 0) is 50.7 Å². The van der Waals surface area contributed by atoms with Gasteiger partial charge in [0, 0.05) is 18.5 Å². The van der Waals surface area contributed by atoms with Crippen LogP contribution in [0.1, 0.15) is 39.5 Å². The molecule has 0 aromatic rings. The topological polar surface area (TPSA) is 41.6 Å². The van der Waals surface area contributed by atoms with Gasteiger partial charge in [0.2, 0.25) is 0 Å². The van der Waals surface area contributed by atoms with Crippen molar-refractivity contribution in [3.05, 3.63) is 0 Å². The van der Waals surface area contributed by atoms with Crippen molar-refractivity contribution in [2.24, 2.45) is 11.8 Å². The van der Waals surface area contributed by atoms with E-state index in [0.29, 0.717) is 30.3 Å². The van der Waals surface area contributed by atoms with E-state index in [4.69, 9.17) is 4.74 Å². The lowest BCUT2D eigenvalue weighted by molar-refractivity contribution is -0.142. The monoisotopic (exact) mass is 268 g/mol. The van der Waals surface area contributed by atoms with Gasteiger partial charge in [-0.3, -0.25) is 9.69 Å². The zero-order valence-electron chi connectivity index (χ0n) is 12.5. The molecule has 19 heavy (non-hydrogen) atoms. The summed E-state index contributed by atoms with van der Waals surface area (Å²) in [6, 6.07) is 1.25. The van der Waals surface area contributed by atoms with Gasteiger partial charge in [-0.1, -0.05) is 13.8 Å².